The molecule has 8 heterocycles. The highest BCUT2D eigenvalue weighted by molar-refractivity contribution is 5.50. The van der Waals surface area contributed by atoms with Gasteiger partial charge in [0.25, 0.3) is 0 Å². The summed E-state index contributed by atoms with van der Waals surface area (Å²) < 4.78 is 0. The lowest BCUT2D eigenvalue weighted by atomic mass is 9.77. The van der Waals surface area contributed by atoms with Crippen LogP contribution in [0.1, 0.15) is 320 Å². The molecule has 0 aromatic carbocycles. The quantitative estimate of drug-likeness (QED) is 0.0457. The van der Waals surface area contributed by atoms with E-state index >= 15 is 0 Å². The topological polar surface area (TPSA) is 188 Å². The number of hydrogen-bond donors (Lipinski definition) is 3. The van der Waals surface area contributed by atoms with Crippen LogP contribution >= 0.6 is 0 Å². The Morgan fingerprint density at radius 1 is 0.270 bits per heavy atom. The van der Waals surface area contributed by atoms with Gasteiger partial charge in [-0.2, -0.15) is 44.9 Å². The van der Waals surface area contributed by atoms with Crippen LogP contribution in [0.15, 0.2) is 0 Å². The van der Waals surface area contributed by atoms with Crippen molar-refractivity contribution in [3.8, 4) is 0 Å². The lowest BCUT2D eigenvalue weighted by molar-refractivity contribution is -0.0135. The molecule has 5 saturated heterocycles. The molecule has 111 heavy (non-hydrogen) atoms. The van der Waals surface area contributed by atoms with E-state index in [1.165, 1.54) is 0 Å². The van der Waals surface area contributed by atoms with Crippen LogP contribution in [0.4, 0.5) is 47.6 Å². The number of aromatic nitrogens is 9. The van der Waals surface area contributed by atoms with Gasteiger partial charge in [0.15, 0.2) is 0 Å². The average Bonchev–Trinajstić information content (AvgIpc) is 0.779. The average molecular weight is 1550 g/mol. The second kappa shape index (κ2) is 37.2. The third kappa shape index (κ3) is 22.7. The first-order valence-electron chi connectivity index (χ1n) is 44.4. The first-order chi connectivity index (χ1) is 51.7. The Morgan fingerprint density at radius 3 is 0.748 bits per heavy atom. The molecule has 0 radical (unpaired) electrons. The van der Waals surface area contributed by atoms with Crippen molar-refractivity contribution in [2.75, 3.05) is 147 Å². The van der Waals surface area contributed by atoms with E-state index in [0.717, 1.165) is 229 Å². The number of unbranched alkanes of at least 4 members (excludes halogenated alkanes) is 5. The molecule has 0 atom stereocenters. The van der Waals surface area contributed by atoms with Crippen molar-refractivity contribution < 1.29 is 0 Å². The van der Waals surface area contributed by atoms with E-state index in [9.17, 15) is 0 Å². The molecule has 5 aliphatic heterocycles. The van der Waals surface area contributed by atoms with Gasteiger partial charge in [-0.15, -0.1) is 0 Å². The largest absolute Gasteiger partial charge is 0.354 e. The van der Waals surface area contributed by atoms with Gasteiger partial charge in [0.2, 0.25) is 47.6 Å². The predicted molar refractivity (Wildman–Crippen MR) is 471 cm³/mol. The van der Waals surface area contributed by atoms with Crippen LogP contribution in [0.5, 0.6) is 0 Å². The van der Waals surface area contributed by atoms with Crippen LogP contribution in [0.3, 0.4) is 0 Å². The van der Waals surface area contributed by atoms with Crippen molar-refractivity contribution >= 4 is 47.6 Å². The number of nitrogens with zero attached hydrogens (tertiary/aromatic N) is 20. The van der Waals surface area contributed by atoms with Crippen LogP contribution in [0, 0.1) is 6.92 Å². The normalized spacial score (nSPS) is 22.3. The van der Waals surface area contributed by atoms with Gasteiger partial charge >= 0.3 is 0 Å². The maximum Gasteiger partial charge on any atom is 0.232 e. The van der Waals surface area contributed by atoms with E-state index in [1.54, 1.807) is 0 Å². The fourth-order valence-corrected chi connectivity index (χ4v) is 20.2. The molecule has 3 N–H and O–H groups in total. The minimum atomic E-state index is -0.0129. The first-order valence-corrected chi connectivity index (χ1v) is 44.4. The summed E-state index contributed by atoms with van der Waals surface area (Å²) in [5, 5.41) is 11.6. The molecule has 23 heteroatoms. The summed E-state index contributed by atoms with van der Waals surface area (Å²) in [6, 6.07) is 1.34. The Morgan fingerprint density at radius 2 is 0.495 bits per heavy atom. The maximum absolute atomic E-state index is 5.68. The molecule has 0 unspecified atom stereocenters. The van der Waals surface area contributed by atoms with Crippen molar-refractivity contribution in [3.05, 3.63) is 5.82 Å². The lowest BCUT2D eigenvalue weighted by Gasteiger charge is -2.56. The zero-order valence-electron chi connectivity index (χ0n) is 77.2. The Bertz CT molecular complexity index is 3150. The monoisotopic (exact) mass is 1550 g/mol. The minimum absolute atomic E-state index is 0.00146. The van der Waals surface area contributed by atoms with E-state index in [-0.39, 0.29) is 85.6 Å². The summed E-state index contributed by atoms with van der Waals surface area (Å²) in [4.78, 5) is 77.6. The summed E-state index contributed by atoms with van der Waals surface area (Å²) in [5.41, 5.74) is -0.0530. The van der Waals surface area contributed by atoms with Crippen LogP contribution < -0.4 is 45.3 Å². The van der Waals surface area contributed by atoms with E-state index < -0.39 is 0 Å². The highest BCUT2D eigenvalue weighted by Gasteiger charge is 2.51. The van der Waals surface area contributed by atoms with Gasteiger partial charge in [-0.25, -0.2) is 0 Å². The van der Waals surface area contributed by atoms with Gasteiger partial charge in [0.05, 0.1) is 0 Å². The number of hydrogen-bond acceptors (Lipinski definition) is 23. The standard InChI is InChI=1S/C88H167N23/c1-32-37-49-107(66-55-79(7,8)101(27)80(9,10)56-66)74-93-65(6)92-73(98-74)106(48-43-46-91-72-96-77(110(52-40-35-4)69-61-85(19,20)104(30)86(21,22)62-69)100-78(97-72)111(53-41-36-5)70-63-87(23,24)105(31)88(25,26)64-70)54-47-89-44-42-45-90-71-94-75(108(50-38-33-2)67-57-81(11,12)102(28)82(13,14)58-67)99-76(95-71)109(51-39-34-3)68-59-83(15,16)103(29)84(17,18)60-68/h66-70,89H,32-64H2,1-31H3,(H,90,94,95,99)(H,91,96,97,100). The molecule has 3 aromatic rings. The molecule has 634 valence electrons. The Balaban J connectivity index is 1.10. The van der Waals surface area contributed by atoms with Crippen LogP contribution in [-0.2, 0) is 0 Å². The smallest absolute Gasteiger partial charge is 0.232 e. The number of piperidine rings is 5. The third-order valence-electron chi connectivity index (χ3n) is 28.2. The van der Waals surface area contributed by atoms with Gasteiger partial charge in [0, 0.05) is 151 Å². The van der Waals surface area contributed by atoms with Crippen molar-refractivity contribution in [1.82, 2.24) is 74.7 Å². The van der Waals surface area contributed by atoms with Gasteiger partial charge in [-0.3, -0.25) is 24.5 Å². The SMILES string of the molecule is CCCCN(c1nc(C)nc(N(CCCNc2nc(N(CCCC)C3CC(C)(C)N(C)C(C)(C)C3)nc(N(CCCC)C3CC(C)(C)N(C)C(C)(C)C3)n2)CCNCCCNc2nc(N(CCCC)C3CC(C)(C)N(C)C(C)(C)C3)nc(N(CCCC)C3CC(C)(C)N(C)C(C)(C)C3)n2)n1)C1CC(C)(C)N(C)C(C)(C)C1. The number of likely N-dealkylation sites (tertiary alicyclic amines) is 5. The molecule has 0 spiro atoms. The highest BCUT2D eigenvalue weighted by atomic mass is 15.4. The zero-order valence-corrected chi connectivity index (χ0v) is 77.2. The molecule has 5 aliphatic rings. The summed E-state index contributed by atoms with van der Waals surface area (Å²) in [7, 11) is 11.5. The van der Waals surface area contributed by atoms with Crippen molar-refractivity contribution in [2.45, 2.75) is 407 Å². The molecule has 3 aromatic heterocycles. The number of aryl methyl sites for hydroxylation is 1. The van der Waals surface area contributed by atoms with Crippen molar-refractivity contribution in [2.24, 2.45) is 0 Å². The zero-order chi connectivity index (χ0) is 82.3. The molecular weight excluding hydrogens is 1380 g/mol. The second-order valence-electron chi connectivity index (χ2n) is 41.3. The molecular formula is C88H167N23. The first kappa shape index (κ1) is 91.7. The van der Waals surface area contributed by atoms with E-state index in [2.05, 4.69) is 285 Å². The molecule has 0 saturated carbocycles. The molecule has 23 nitrogen and oxygen atoms in total. The van der Waals surface area contributed by atoms with Gasteiger partial charge in [-0.1, -0.05) is 66.7 Å². The van der Waals surface area contributed by atoms with Crippen molar-refractivity contribution in [1.29, 1.82) is 0 Å². The minimum Gasteiger partial charge on any atom is -0.354 e. The van der Waals surface area contributed by atoms with Gasteiger partial charge in [-0.05, 0) is 296 Å². The molecule has 8 rings (SSSR count). The van der Waals surface area contributed by atoms with Gasteiger partial charge in [0.1, 0.15) is 5.82 Å². The third-order valence-corrected chi connectivity index (χ3v) is 28.2. The summed E-state index contributed by atoms with van der Waals surface area (Å²) in [6.45, 7) is 70.6. The number of rotatable bonds is 39. The Labute approximate surface area is 678 Å². The molecule has 0 aliphatic carbocycles. The lowest BCUT2D eigenvalue weighted by Crippen LogP contribution is -2.63. The summed E-state index contributed by atoms with van der Waals surface area (Å²) >= 11 is 0. The molecule has 5 fully saturated rings. The fourth-order valence-electron chi connectivity index (χ4n) is 20.2. The van der Waals surface area contributed by atoms with Gasteiger partial charge < -0.3 is 45.3 Å². The molecule has 0 bridgehead atoms. The highest BCUT2D eigenvalue weighted by Crippen LogP contribution is 2.46. The van der Waals surface area contributed by atoms with E-state index in [4.69, 9.17) is 44.9 Å². The van der Waals surface area contributed by atoms with Crippen LogP contribution in [0.25, 0.3) is 0 Å². The Kier molecular flexibility index (Phi) is 30.7. The summed E-state index contributed by atoms with van der Waals surface area (Å²) in [6.07, 6.45) is 22.7. The maximum atomic E-state index is 5.68. The number of nitrogens with one attached hydrogen (secondary N) is 3. The predicted octanol–water partition coefficient (Wildman–Crippen LogP) is 16.2. The second-order valence-corrected chi connectivity index (χ2v) is 41.3. The van der Waals surface area contributed by atoms with Crippen molar-refractivity contribution in [3.63, 3.8) is 0 Å². The van der Waals surface area contributed by atoms with E-state index in [1.807, 2.05) is 0 Å². The molecule has 0 amide bonds. The summed E-state index contributed by atoms with van der Waals surface area (Å²) in [5.74, 6) is 6.78. The van der Waals surface area contributed by atoms with Crippen LogP contribution in [-0.4, -0.2) is 262 Å². The van der Waals surface area contributed by atoms with Crippen LogP contribution in [0.2, 0.25) is 0 Å². The van der Waals surface area contributed by atoms with E-state index in [0.29, 0.717) is 38.1 Å². The fraction of sp³-hybridized carbons (Fsp3) is 0.898. The number of anilines is 8. The Hall–Kier alpha value is -4.81.